The minimum absolute atomic E-state index is 0.526. The van der Waals surface area contributed by atoms with Crippen molar-refractivity contribution in [3.63, 3.8) is 0 Å². The molecule has 0 radical (unpaired) electrons. The molecule has 1 aliphatic rings. The maximum absolute atomic E-state index is 4.43. The van der Waals surface area contributed by atoms with Crippen molar-refractivity contribution >= 4 is 11.6 Å². The molecule has 108 valence electrons. The smallest absolute Gasteiger partial charge is 0.254 e. The van der Waals surface area contributed by atoms with Crippen LogP contribution in [0.4, 0.5) is 5.82 Å². The number of fused-ring (bicyclic) bond motifs is 1. The SMILES string of the molecule is CCCN(c1cc(C)nc2ncnn12)C1CCCNC1. The summed E-state index contributed by atoms with van der Waals surface area (Å²) in [6.45, 7) is 7.43. The van der Waals surface area contributed by atoms with Crippen molar-refractivity contribution in [2.45, 2.75) is 39.2 Å². The van der Waals surface area contributed by atoms with Crippen LogP contribution in [-0.2, 0) is 0 Å². The molecule has 2 aromatic heterocycles. The van der Waals surface area contributed by atoms with Crippen molar-refractivity contribution in [3.05, 3.63) is 18.1 Å². The summed E-state index contributed by atoms with van der Waals surface area (Å²) in [5, 5.41) is 7.84. The molecule has 3 heterocycles. The van der Waals surface area contributed by atoms with Gasteiger partial charge in [-0.25, -0.2) is 4.98 Å². The normalized spacial score (nSPS) is 19.4. The number of piperidine rings is 1. The van der Waals surface area contributed by atoms with Crippen molar-refractivity contribution in [2.24, 2.45) is 0 Å². The van der Waals surface area contributed by atoms with Crippen molar-refractivity contribution < 1.29 is 0 Å². The second kappa shape index (κ2) is 5.75. The third kappa shape index (κ3) is 2.47. The topological polar surface area (TPSA) is 58.4 Å². The summed E-state index contributed by atoms with van der Waals surface area (Å²) in [5.41, 5.74) is 0.991. The molecule has 6 nitrogen and oxygen atoms in total. The van der Waals surface area contributed by atoms with E-state index in [2.05, 4.69) is 38.3 Å². The van der Waals surface area contributed by atoms with Crippen molar-refractivity contribution in [1.82, 2.24) is 24.9 Å². The average molecular weight is 274 g/mol. The Morgan fingerprint density at radius 1 is 1.50 bits per heavy atom. The number of hydrogen-bond acceptors (Lipinski definition) is 5. The Balaban J connectivity index is 2.01. The van der Waals surface area contributed by atoms with Gasteiger partial charge in [-0.15, -0.1) is 0 Å². The van der Waals surface area contributed by atoms with E-state index in [0.717, 1.165) is 37.6 Å². The largest absolute Gasteiger partial charge is 0.352 e. The van der Waals surface area contributed by atoms with E-state index in [0.29, 0.717) is 11.8 Å². The molecule has 3 rings (SSSR count). The highest BCUT2D eigenvalue weighted by Gasteiger charge is 2.23. The van der Waals surface area contributed by atoms with Crippen molar-refractivity contribution in [3.8, 4) is 0 Å². The van der Waals surface area contributed by atoms with E-state index < -0.39 is 0 Å². The van der Waals surface area contributed by atoms with Gasteiger partial charge in [-0.3, -0.25) is 0 Å². The van der Waals surface area contributed by atoms with Crippen LogP contribution < -0.4 is 10.2 Å². The summed E-state index contributed by atoms with van der Waals surface area (Å²) in [5.74, 6) is 1.80. The van der Waals surface area contributed by atoms with Gasteiger partial charge in [0.1, 0.15) is 12.1 Å². The van der Waals surface area contributed by atoms with Crippen LogP contribution in [0, 0.1) is 6.92 Å². The minimum atomic E-state index is 0.526. The average Bonchev–Trinajstić information content (AvgIpc) is 2.93. The first kappa shape index (κ1) is 13.3. The minimum Gasteiger partial charge on any atom is -0.352 e. The van der Waals surface area contributed by atoms with E-state index >= 15 is 0 Å². The Hall–Kier alpha value is -1.69. The summed E-state index contributed by atoms with van der Waals surface area (Å²) < 4.78 is 1.86. The van der Waals surface area contributed by atoms with E-state index in [9.17, 15) is 0 Å². The third-order valence-electron chi connectivity index (χ3n) is 3.83. The van der Waals surface area contributed by atoms with Gasteiger partial charge in [0.05, 0.1) is 0 Å². The number of rotatable bonds is 4. The number of aromatic nitrogens is 4. The zero-order chi connectivity index (χ0) is 13.9. The highest BCUT2D eigenvalue weighted by atomic mass is 15.4. The molecule has 2 aromatic rings. The fourth-order valence-corrected chi connectivity index (χ4v) is 2.94. The van der Waals surface area contributed by atoms with Crippen LogP contribution in [0.5, 0.6) is 0 Å². The van der Waals surface area contributed by atoms with Gasteiger partial charge in [0.15, 0.2) is 0 Å². The van der Waals surface area contributed by atoms with Gasteiger partial charge in [0, 0.05) is 30.9 Å². The number of aryl methyl sites for hydroxylation is 1. The monoisotopic (exact) mass is 274 g/mol. The van der Waals surface area contributed by atoms with Gasteiger partial charge in [0.25, 0.3) is 5.78 Å². The number of anilines is 1. The molecule has 1 aliphatic heterocycles. The van der Waals surface area contributed by atoms with Crippen LogP contribution in [-0.4, -0.2) is 45.3 Å². The van der Waals surface area contributed by atoms with Gasteiger partial charge >= 0.3 is 0 Å². The van der Waals surface area contributed by atoms with Crippen LogP contribution in [0.15, 0.2) is 12.4 Å². The Labute approximate surface area is 119 Å². The van der Waals surface area contributed by atoms with Gasteiger partial charge in [-0.05, 0) is 32.7 Å². The van der Waals surface area contributed by atoms with E-state index in [4.69, 9.17) is 0 Å². The van der Waals surface area contributed by atoms with Gasteiger partial charge in [-0.2, -0.15) is 14.6 Å². The van der Waals surface area contributed by atoms with Gasteiger partial charge < -0.3 is 10.2 Å². The molecule has 20 heavy (non-hydrogen) atoms. The van der Waals surface area contributed by atoms with Crippen LogP contribution in [0.25, 0.3) is 5.78 Å². The molecule has 0 amide bonds. The molecule has 0 bridgehead atoms. The predicted molar refractivity (Wildman–Crippen MR) is 79.0 cm³/mol. The number of nitrogens with zero attached hydrogens (tertiary/aromatic N) is 5. The van der Waals surface area contributed by atoms with Crippen LogP contribution in [0.3, 0.4) is 0 Å². The summed E-state index contributed by atoms with van der Waals surface area (Å²) >= 11 is 0. The highest BCUT2D eigenvalue weighted by molar-refractivity contribution is 5.48. The molecule has 1 unspecified atom stereocenters. The standard InChI is InChI=1S/C14H22N6/c1-3-7-19(12-5-4-6-15-9-12)13-8-11(2)18-14-16-10-17-20(13)14/h8,10,12,15H,3-7,9H2,1-2H3. The zero-order valence-corrected chi connectivity index (χ0v) is 12.2. The fourth-order valence-electron chi connectivity index (χ4n) is 2.94. The van der Waals surface area contributed by atoms with Gasteiger partial charge in [0.2, 0.25) is 0 Å². The van der Waals surface area contributed by atoms with Crippen LogP contribution in [0.1, 0.15) is 31.9 Å². The molecule has 1 fully saturated rings. The maximum atomic E-state index is 4.43. The van der Waals surface area contributed by atoms with Crippen LogP contribution in [0.2, 0.25) is 0 Å². The summed E-state index contributed by atoms with van der Waals surface area (Å²) in [6.07, 6.45) is 5.16. The van der Waals surface area contributed by atoms with Crippen LogP contribution >= 0.6 is 0 Å². The van der Waals surface area contributed by atoms with Crippen molar-refractivity contribution in [1.29, 1.82) is 0 Å². The maximum Gasteiger partial charge on any atom is 0.254 e. The number of hydrogen-bond donors (Lipinski definition) is 1. The van der Waals surface area contributed by atoms with E-state index in [-0.39, 0.29) is 0 Å². The van der Waals surface area contributed by atoms with E-state index in [1.807, 2.05) is 11.4 Å². The molecule has 0 saturated carbocycles. The lowest BCUT2D eigenvalue weighted by molar-refractivity contribution is 0.427. The molecule has 1 atom stereocenters. The zero-order valence-electron chi connectivity index (χ0n) is 12.2. The number of nitrogens with one attached hydrogen (secondary N) is 1. The molecule has 1 N–H and O–H groups in total. The van der Waals surface area contributed by atoms with Crippen molar-refractivity contribution in [2.75, 3.05) is 24.5 Å². The molecule has 6 heteroatoms. The fraction of sp³-hybridized carbons (Fsp3) is 0.643. The predicted octanol–water partition coefficient (Wildman–Crippen LogP) is 1.40. The molecule has 1 saturated heterocycles. The lowest BCUT2D eigenvalue weighted by Crippen LogP contribution is -2.47. The quantitative estimate of drug-likeness (QED) is 0.913. The Bertz CT molecular complexity index is 572. The highest BCUT2D eigenvalue weighted by Crippen LogP contribution is 2.22. The Morgan fingerprint density at radius 3 is 3.15 bits per heavy atom. The lowest BCUT2D eigenvalue weighted by Gasteiger charge is -2.36. The summed E-state index contributed by atoms with van der Waals surface area (Å²) in [4.78, 5) is 11.1. The molecular formula is C14H22N6. The van der Waals surface area contributed by atoms with Gasteiger partial charge in [-0.1, -0.05) is 6.92 Å². The Morgan fingerprint density at radius 2 is 2.40 bits per heavy atom. The third-order valence-corrected chi connectivity index (χ3v) is 3.83. The second-order valence-corrected chi connectivity index (χ2v) is 5.42. The molecular weight excluding hydrogens is 252 g/mol. The molecule has 0 aliphatic carbocycles. The Kier molecular flexibility index (Phi) is 3.82. The van der Waals surface area contributed by atoms with E-state index in [1.165, 1.54) is 12.8 Å². The lowest BCUT2D eigenvalue weighted by atomic mass is 10.1. The first-order valence-corrected chi connectivity index (χ1v) is 7.44. The summed E-state index contributed by atoms with van der Waals surface area (Å²) in [7, 11) is 0. The summed E-state index contributed by atoms with van der Waals surface area (Å²) in [6, 6.07) is 2.64. The molecule has 0 spiro atoms. The first-order valence-electron chi connectivity index (χ1n) is 7.44. The first-order chi connectivity index (χ1) is 9.79. The van der Waals surface area contributed by atoms with E-state index in [1.54, 1.807) is 6.33 Å². The molecule has 0 aromatic carbocycles. The second-order valence-electron chi connectivity index (χ2n) is 5.42.